The molecule has 0 aliphatic heterocycles. The van der Waals surface area contributed by atoms with E-state index in [9.17, 15) is 10.1 Å². The second kappa shape index (κ2) is 15.0. The van der Waals surface area contributed by atoms with Crippen LogP contribution in [0.15, 0.2) is 89.6 Å². The summed E-state index contributed by atoms with van der Waals surface area (Å²) in [5.41, 5.74) is 2.65. The summed E-state index contributed by atoms with van der Waals surface area (Å²) in [6, 6.07) is 22.2. The summed E-state index contributed by atoms with van der Waals surface area (Å²) in [6.07, 6.45) is 4.61. The summed E-state index contributed by atoms with van der Waals surface area (Å²) in [7, 11) is 1.87. The zero-order valence-electron chi connectivity index (χ0n) is 25.3. The normalized spacial score (nSPS) is 17.1. The van der Waals surface area contributed by atoms with E-state index in [1.807, 2.05) is 68.3 Å². The van der Waals surface area contributed by atoms with Crippen LogP contribution in [-0.2, 0) is 16.1 Å². The number of aromatic nitrogens is 1. The third kappa shape index (κ3) is 9.43. The summed E-state index contributed by atoms with van der Waals surface area (Å²) in [5, 5.41) is 18.4. The van der Waals surface area contributed by atoms with E-state index in [1.165, 1.54) is 5.57 Å². The third-order valence-corrected chi connectivity index (χ3v) is 7.36. The van der Waals surface area contributed by atoms with Crippen molar-refractivity contribution < 1.29 is 14.3 Å². The maximum atomic E-state index is 12.7. The van der Waals surface area contributed by atoms with E-state index in [2.05, 4.69) is 36.0 Å². The Balaban J connectivity index is 0.000000285. The minimum absolute atomic E-state index is 0.146. The number of rotatable bonds is 8. The maximum absolute atomic E-state index is 12.7. The molecule has 9 heteroatoms. The second-order valence-corrected chi connectivity index (χ2v) is 11.5. The first kappa shape index (κ1) is 32.8. The molecule has 0 radical (unpaired) electrons. The molecule has 3 atom stereocenters. The molecule has 1 aliphatic carbocycles. The van der Waals surface area contributed by atoms with Gasteiger partial charge in [0.1, 0.15) is 28.6 Å². The molecule has 0 saturated heterocycles. The van der Waals surface area contributed by atoms with Crippen molar-refractivity contribution in [3.05, 3.63) is 101 Å². The fourth-order valence-electron chi connectivity index (χ4n) is 4.57. The van der Waals surface area contributed by atoms with Crippen LogP contribution >= 0.6 is 11.6 Å². The lowest BCUT2D eigenvalue weighted by Gasteiger charge is -2.17. The fraction of sp³-hybridized carbons (Fsp3) is 0.324. The number of halogens is 1. The molecule has 3 aromatic rings. The van der Waals surface area contributed by atoms with Crippen LogP contribution in [0, 0.1) is 40.0 Å². The van der Waals surface area contributed by atoms with Gasteiger partial charge in [0.15, 0.2) is 0 Å². The smallest absolute Gasteiger partial charge is 0.311 e. The highest BCUT2D eigenvalue weighted by Gasteiger charge is 2.61. The van der Waals surface area contributed by atoms with Crippen molar-refractivity contribution in [2.45, 2.75) is 47.3 Å². The summed E-state index contributed by atoms with van der Waals surface area (Å²) < 4.78 is 11.4. The quantitative estimate of drug-likeness (QED) is 0.0648. The Kier molecular flexibility index (Phi) is 11.5. The van der Waals surface area contributed by atoms with Gasteiger partial charge in [-0.05, 0) is 68.0 Å². The van der Waals surface area contributed by atoms with Gasteiger partial charge >= 0.3 is 5.97 Å². The lowest BCUT2D eigenvalue weighted by Crippen LogP contribution is -2.23. The van der Waals surface area contributed by atoms with Gasteiger partial charge in [0.2, 0.25) is 12.3 Å². The van der Waals surface area contributed by atoms with E-state index in [1.54, 1.807) is 43.6 Å². The molecule has 1 aromatic heterocycles. The highest BCUT2D eigenvalue weighted by atomic mass is 35.5. The largest absolute Gasteiger partial charge is 0.457 e. The predicted octanol–water partition coefficient (Wildman–Crippen LogP) is 7.89. The highest BCUT2D eigenvalue weighted by Crippen LogP contribution is 2.60. The lowest BCUT2D eigenvalue weighted by molar-refractivity contribution is -0.149. The van der Waals surface area contributed by atoms with Gasteiger partial charge in [-0.3, -0.25) is 4.79 Å². The Morgan fingerprint density at radius 2 is 1.79 bits per heavy atom. The number of hydrogen-bond acceptors (Lipinski definition) is 7. The molecule has 0 bridgehead atoms. The fourth-order valence-corrected chi connectivity index (χ4v) is 4.68. The van der Waals surface area contributed by atoms with Crippen molar-refractivity contribution in [2.24, 2.45) is 22.2 Å². The molecule has 3 unspecified atom stereocenters. The Labute approximate surface area is 258 Å². The molecule has 43 heavy (non-hydrogen) atoms. The van der Waals surface area contributed by atoms with Gasteiger partial charge < -0.3 is 14.4 Å². The number of amidine groups is 1. The number of pyridine rings is 1. The molecule has 0 N–H and O–H groups in total. The molecule has 0 amide bonds. The first-order valence-corrected chi connectivity index (χ1v) is 14.2. The van der Waals surface area contributed by atoms with E-state index in [0.717, 1.165) is 5.56 Å². The molecule has 4 rings (SSSR count). The van der Waals surface area contributed by atoms with Crippen molar-refractivity contribution in [1.29, 1.82) is 10.5 Å². The topological polar surface area (TPSA) is 112 Å². The monoisotopic (exact) mass is 597 g/mol. The van der Waals surface area contributed by atoms with Crippen molar-refractivity contribution in [2.75, 3.05) is 7.05 Å². The first-order chi connectivity index (χ1) is 20.5. The average molecular weight is 598 g/mol. The summed E-state index contributed by atoms with van der Waals surface area (Å²) in [5.74, 6) is 1.57. The second-order valence-electron chi connectivity index (χ2n) is 11.1. The number of hydrogen-bond donors (Lipinski definition) is 0. The highest BCUT2D eigenvalue weighted by molar-refractivity contribution is 6.29. The molecular weight excluding hydrogens is 562 g/mol. The van der Waals surface area contributed by atoms with Crippen LogP contribution in [0.2, 0.25) is 5.15 Å². The van der Waals surface area contributed by atoms with E-state index in [4.69, 9.17) is 26.3 Å². The zero-order chi connectivity index (χ0) is 31.6. The molecule has 1 heterocycles. The Bertz CT molecular complexity index is 1530. The Morgan fingerprint density at radius 3 is 2.40 bits per heavy atom. The Hall–Kier alpha value is -4.66. The van der Waals surface area contributed by atoms with Gasteiger partial charge in [-0.15, -0.1) is 0 Å². The van der Waals surface area contributed by atoms with Gasteiger partial charge in [0.05, 0.1) is 5.92 Å². The molecule has 2 aromatic carbocycles. The van der Waals surface area contributed by atoms with Gasteiger partial charge in [-0.2, -0.15) is 15.5 Å². The molecule has 1 aliphatic rings. The molecule has 222 valence electrons. The number of nitriles is 2. The number of benzene rings is 2. The molecule has 1 fully saturated rings. The van der Waals surface area contributed by atoms with Crippen LogP contribution in [0.25, 0.3) is 0 Å². The minimum Gasteiger partial charge on any atom is -0.457 e. The van der Waals surface area contributed by atoms with Gasteiger partial charge in [-0.25, -0.2) is 4.98 Å². The van der Waals surface area contributed by atoms with Crippen LogP contribution in [0.3, 0.4) is 0 Å². The van der Waals surface area contributed by atoms with Crippen molar-refractivity contribution in [1.82, 2.24) is 9.88 Å². The predicted molar refractivity (Wildman–Crippen MR) is 167 cm³/mol. The number of ether oxygens (including phenoxy) is 2. The van der Waals surface area contributed by atoms with Gasteiger partial charge in [0.25, 0.3) is 0 Å². The maximum Gasteiger partial charge on any atom is 0.311 e. The van der Waals surface area contributed by atoms with E-state index in [-0.39, 0.29) is 23.2 Å². The van der Waals surface area contributed by atoms with Crippen LogP contribution in [0.1, 0.15) is 51.8 Å². The number of esters is 1. The number of carbonyl (C=O) groups excluding carboxylic acids is 1. The van der Waals surface area contributed by atoms with Crippen molar-refractivity contribution in [3.63, 3.8) is 0 Å². The van der Waals surface area contributed by atoms with Crippen LogP contribution in [0.4, 0.5) is 0 Å². The van der Waals surface area contributed by atoms with Crippen LogP contribution in [0.5, 0.6) is 11.5 Å². The SMILES string of the molecule is C/C(=N\C#N)N(C)Cc1ccc(Cl)nc1.CC(C)=CC1C(C(=O)OC(C#N)c2cccc(Oc3ccccc3)c2)C1(C)C. The third-order valence-electron chi connectivity index (χ3n) is 7.14. The van der Waals surface area contributed by atoms with E-state index in [0.29, 0.717) is 34.6 Å². The van der Waals surface area contributed by atoms with E-state index >= 15 is 0 Å². The summed E-state index contributed by atoms with van der Waals surface area (Å²) in [6.45, 7) is 10.6. The number of nitrogens with zero attached hydrogens (tertiary/aromatic N) is 5. The van der Waals surface area contributed by atoms with E-state index < -0.39 is 6.10 Å². The summed E-state index contributed by atoms with van der Waals surface area (Å²) >= 11 is 5.67. The number of aliphatic imine (C=N–C) groups is 1. The number of carbonyl (C=O) groups is 1. The average Bonchev–Trinajstić information content (AvgIpc) is 3.52. The number of para-hydroxylation sites is 1. The Morgan fingerprint density at radius 1 is 1.09 bits per heavy atom. The number of allylic oxidation sites excluding steroid dienone is 2. The first-order valence-electron chi connectivity index (χ1n) is 13.8. The molecular formula is C34H36ClN5O3. The van der Waals surface area contributed by atoms with Crippen molar-refractivity contribution >= 4 is 23.4 Å². The van der Waals surface area contributed by atoms with Gasteiger partial charge in [-0.1, -0.05) is 73.5 Å². The zero-order valence-corrected chi connectivity index (χ0v) is 26.0. The van der Waals surface area contributed by atoms with Crippen molar-refractivity contribution in [3.8, 4) is 23.8 Å². The molecule has 8 nitrogen and oxygen atoms in total. The standard InChI is InChI=1S/C24H25NO3.C10H11ClN4/c1-16(2)13-20-22(24(20,3)4)23(26)28-21(15-25)17-9-8-12-19(14-17)27-18-10-6-5-7-11-18;1-8(14-7-12)15(2)6-9-3-4-10(11)13-5-9/h5-14,20-22H,1-4H3;3-5H,6H2,1-2H3/b;14-8+. The van der Waals surface area contributed by atoms with Crippen LogP contribution in [-0.4, -0.2) is 28.7 Å². The minimum atomic E-state index is -0.962. The van der Waals surface area contributed by atoms with Gasteiger partial charge in [0, 0.05) is 25.4 Å². The summed E-state index contributed by atoms with van der Waals surface area (Å²) in [4.78, 5) is 22.2. The van der Waals surface area contributed by atoms with Crippen LogP contribution < -0.4 is 4.74 Å². The lowest BCUT2D eigenvalue weighted by atomic mass is 10.1. The molecule has 1 saturated carbocycles. The molecule has 0 spiro atoms.